The van der Waals surface area contributed by atoms with Crippen LogP contribution in [0.4, 0.5) is 4.39 Å². The van der Waals surface area contributed by atoms with Gasteiger partial charge in [-0.1, -0.05) is 20.8 Å². The summed E-state index contributed by atoms with van der Waals surface area (Å²) in [6.45, 7) is 6.87. The van der Waals surface area contributed by atoms with Crippen molar-refractivity contribution in [1.29, 1.82) is 0 Å². The zero-order valence-corrected chi connectivity index (χ0v) is 18.1. The van der Waals surface area contributed by atoms with E-state index in [9.17, 15) is 14.3 Å². The van der Waals surface area contributed by atoms with Gasteiger partial charge in [0.15, 0.2) is 5.82 Å². The molecule has 0 radical (unpaired) electrons. The number of hydrogen-bond donors (Lipinski definition) is 1. The quantitative estimate of drug-likeness (QED) is 0.694. The van der Waals surface area contributed by atoms with Crippen LogP contribution in [0.1, 0.15) is 39.3 Å². The highest BCUT2D eigenvalue weighted by molar-refractivity contribution is 5.81. The van der Waals surface area contributed by atoms with E-state index in [0.29, 0.717) is 36.7 Å². The molecule has 0 aromatic carbocycles. The van der Waals surface area contributed by atoms with Crippen LogP contribution in [0.5, 0.6) is 0 Å². The molecule has 0 unspecified atom stereocenters. The third kappa shape index (κ3) is 4.58. The average Bonchev–Trinajstić information content (AvgIpc) is 3.15. The van der Waals surface area contributed by atoms with Crippen molar-refractivity contribution >= 4 is 11.6 Å². The van der Waals surface area contributed by atoms with Crippen LogP contribution >= 0.6 is 0 Å². The van der Waals surface area contributed by atoms with E-state index in [1.165, 1.54) is 12.3 Å². The largest absolute Gasteiger partial charge is 0.383 e. The maximum atomic E-state index is 13.7. The highest BCUT2D eigenvalue weighted by atomic mass is 19.1. The second-order valence-corrected chi connectivity index (χ2v) is 9.36. The number of nitrogens with zero attached hydrogens (tertiary/aromatic N) is 5. The van der Waals surface area contributed by atoms with Gasteiger partial charge in [0, 0.05) is 31.2 Å². The summed E-state index contributed by atoms with van der Waals surface area (Å²) < 4.78 is 15.3. The fourth-order valence-electron chi connectivity index (χ4n) is 4.02. The number of pyridine rings is 1. The second-order valence-electron chi connectivity index (χ2n) is 9.36. The number of aliphatic hydroxyl groups excluding tert-OH is 1. The normalized spacial score (nSPS) is 18.4. The zero-order valence-electron chi connectivity index (χ0n) is 18.1. The van der Waals surface area contributed by atoms with Gasteiger partial charge in [-0.2, -0.15) is 0 Å². The Balaban J connectivity index is 1.50. The summed E-state index contributed by atoms with van der Waals surface area (Å²) >= 11 is 0. The summed E-state index contributed by atoms with van der Waals surface area (Å²) in [5.41, 5.74) is 1.64. The number of hydrogen-bond acceptors (Lipinski definition) is 5. The lowest BCUT2D eigenvalue weighted by Gasteiger charge is -2.36. The first-order chi connectivity index (χ1) is 14.7. The Labute approximate surface area is 181 Å². The summed E-state index contributed by atoms with van der Waals surface area (Å²) in [5.74, 6) is 0.190. The first kappa shape index (κ1) is 21.4. The van der Waals surface area contributed by atoms with Crippen LogP contribution in [0, 0.1) is 17.2 Å². The molecule has 0 aliphatic carbocycles. The first-order valence-electron chi connectivity index (χ1n) is 10.6. The minimum Gasteiger partial charge on any atom is -0.383 e. The van der Waals surface area contributed by atoms with Crippen molar-refractivity contribution in [2.24, 2.45) is 11.3 Å². The molecule has 1 saturated heterocycles. The average molecular weight is 426 g/mol. The van der Waals surface area contributed by atoms with Crippen molar-refractivity contribution in [1.82, 2.24) is 24.3 Å². The fourth-order valence-corrected chi connectivity index (χ4v) is 4.02. The molecule has 0 saturated carbocycles. The molecular formula is C23H28FN5O2. The van der Waals surface area contributed by atoms with Gasteiger partial charge >= 0.3 is 0 Å². The van der Waals surface area contributed by atoms with Gasteiger partial charge in [0.25, 0.3) is 5.91 Å². The molecule has 8 heteroatoms. The Kier molecular flexibility index (Phi) is 5.75. The van der Waals surface area contributed by atoms with E-state index in [1.807, 2.05) is 26.8 Å². The lowest BCUT2D eigenvalue weighted by Crippen LogP contribution is -2.49. The maximum absolute atomic E-state index is 13.7. The molecule has 31 heavy (non-hydrogen) atoms. The molecule has 4 heterocycles. The number of fused-ring (bicyclic) bond motifs is 1. The zero-order chi connectivity index (χ0) is 22.2. The molecule has 2 atom stereocenters. The molecule has 7 nitrogen and oxygen atoms in total. The topological polar surface area (TPSA) is 83.6 Å². The van der Waals surface area contributed by atoms with E-state index in [0.717, 1.165) is 18.5 Å². The van der Waals surface area contributed by atoms with Crippen LogP contribution in [0.15, 0.2) is 36.8 Å². The Hall–Kier alpha value is -2.87. The molecule has 164 valence electrons. The summed E-state index contributed by atoms with van der Waals surface area (Å²) in [6, 6.07) is 4.86. The lowest BCUT2D eigenvalue weighted by molar-refractivity contribution is -0.147. The Morgan fingerprint density at radius 1 is 1.29 bits per heavy atom. The van der Waals surface area contributed by atoms with Crippen molar-refractivity contribution in [2.45, 2.75) is 46.1 Å². The third-order valence-electron chi connectivity index (χ3n) is 5.79. The van der Waals surface area contributed by atoms with Crippen molar-refractivity contribution < 1.29 is 14.3 Å². The molecule has 4 rings (SSSR count). The van der Waals surface area contributed by atoms with E-state index >= 15 is 0 Å². The standard InChI is InChI=1S/C23H28FN5O2/c1-23(2,3)20(30)22(31)28-10-4-5-15(13-28)11-17-8-9-25-21(27-17)18-12-26-19-7-6-16(24)14-29(18)19/h6-9,12,14-15,20,30H,4-5,10-11,13H2,1-3H3/t15-,20-/m0/s1. The van der Waals surface area contributed by atoms with Crippen molar-refractivity contribution in [3.05, 3.63) is 48.3 Å². The smallest absolute Gasteiger partial charge is 0.251 e. The summed E-state index contributed by atoms with van der Waals surface area (Å²) in [5, 5.41) is 10.4. The molecule has 1 amide bonds. The monoisotopic (exact) mass is 425 g/mol. The van der Waals surface area contributed by atoms with Gasteiger partial charge in [0.1, 0.15) is 23.3 Å². The number of likely N-dealkylation sites (tertiary alicyclic amines) is 1. The van der Waals surface area contributed by atoms with Gasteiger partial charge in [-0.25, -0.2) is 19.3 Å². The van der Waals surface area contributed by atoms with Crippen molar-refractivity contribution in [2.75, 3.05) is 13.1 Å². The van der Waals surface area contributed by atoms with Crippen LogP contribution in [-0.2, 0) is 11.2 Å². The van der Waals surface area contributed by atoms with Crippen LogP contribution < -0.4 is 0 Å². The Morgan fingerprint density at radius 2 is 2.10 bits per heavy atom. The highest BCUT2D eigenvalue weighted by Crippen LogP contribution is 2.26. The molecule has 1 aliphatic rings. The number of aliphatic hydroxyl groups is 1. The van der Waals surface area contributed by atoms with E-state index in [-0.39, 0.29) is 17.6 Å². The molecule has 3 aromatic heterocycles. The molecule has 1 N–H and O–H groups in total. The summed E-state index contributed by atoms with van der Waals surface area (Å²) in [7, 11) is 0. The van der Waals surface area contributed by atoms with Gasteiger partial charge in [0.2, 0.25) is 0 Å². The van der Waals surface area contributed by atoms with Gasteiger partial charge in [0.05, 0.1) is 6.20 Å². The van der Waals surface area contributed by atoms with Gasteiger partial charge < -0.3 is 10.0 Å². The number of aromatic nitrogens is 4. The number of rotatable bonds is 4. The minimum absolute atomic E-state index is 0.201. The van der Waals surface area contributed by atoms with Crippen LogP contribution in [0.3, 0.4) is 0 Å². The van der Waals surface area contributed by atoms with Gasteiger partial charge in [-0.3, -0.25) is 9.20 Å². The van der Waals surface area contributed by atoms with Gasteiger partial charge in [-0.15, -0.1) is 0 Å². The van der Waals surface area contributed by atoms with Crippen molar-refractivity contribution in [3.8, 4) is 11.5 Å². The fraction of sp³-hybridized carbons (Fsp3) is 0.478. The Bertz CT molecular complexity index is 1090. The van der Waals surface area contributed by atoms with E-state index in [2.05, 4.69) is 15.0 Å². The second kappa shape index (κ2) is 8.34. The number of carbonyl (C=O) groups excluding carboxylic acids is 1. The first-order valence-corrected chi connectivity index (χ1v) is 10.6. The molecule has 3 aromatic rings. The van der Waals surface area contributed by atoms with Crippen LogP contribution in [0.25, 0.3) is 17.2 Å². The predicted octanol–water partition coefficient (Wildman–Crippen LogP) is 3.12. The van der Waals surface area contributed by atoms with Crippen molar-refractivity contribution in [3.63, 3.8) is 0 Å². The summed E-state index contributed by atoms with van der Waals surface area (Å²) in [6.07, 6.45) is 6.31. The molecule has 0 bridgehead atoms. The summed E-state index contributed by atoms with van der Waals surface area (Å²) in [4.78, 5) is 27.8. The number of halogens is 1. The molecule has 1 aliphatic heterocycles. The third-order valence-corrected chi connectivity index (χ3v) is 5.79. The Morgan fingerprint density at radius 3 is 2.87 bits per heavy atom. The van der Waals surface area contributed by atoms with E-state index in [4.69, 9.17) is 0 Å². The molecule has 0 spiro atoms. The van der Waals surface area contributed by atoms with E-state index < -0.39 is 11.5 Å². The highest BCUT2D eigenvalue weighted by Gasteiger charge is 2.34. The molecular weight excluding hydrogens is 397 g/mol. The SMILES string of the molecule is CC(C)(C)[C@@H](O)C(=O)N1CCC[C@@H](Cc2ccnc(-c3cnc4ccc(F)cn34)n2)C1. The number of amides is 1. The number of imidazole rings is 1. The van der Waals surface area contributed by atoms with Gasteiger partial charge in [-0.05, 0) is 48.8 Å². The predicted molar refractivity (Wildman–Crippen MR) is 115 cm³/mol. The maximum Gasteiger partial charge on any atom is 0.251 e. The van der Waals surface area contributed by atoms with Crippen LogP contribution in [-0.4, -0.2) is 54.5 Å². The minimum atomic E-state index is -1.01. The number of carbonyl (C=O) groups is 1. The lowest BCUT2D eigenvalue weighted by atomic mass is 9.87. The van der Waals surface area contributed by atoms with Crippen LogP contribution in [0.2, 0.25) is 0 Å². The number of piperidine rings is 1. The molecule has 1 fully saturated rings. The van der Waals surface area contributed by atoms with E-state index in [1.54, 1.807) is 27.8 Å².